The number of nitrogens with two attached hydrogens (primary N) is 1. The zero-order chi connectivity index (χ0) is 11.1. The molecule has 3 unspecified atom stereocenters. The highest BCUT2D eigenvalue weighted by atomic mass is 15.3. The van der Waals surface area contributed by atoms with Gasteiger partial charge in [0.05, 0.1) is 0 Å². The van der Waals surface area contributed by atoms with Crippen LogP contribution in [0.3, 0.4) is 0 Å². The van der Waals surface area contributed by atoms with Crippen molar-refractivity contribution in [1.29, 1.82) is 0 Å². The topological polar surface area (TPSA) is 32.5 Å². The molecule has 0 amide bonds. The van der Waals surface area contributed by atoms with Crippen molar-refractivity contribution >= 4 is 0 Å². The molecule has 92 valence electrons. The molecule has 4 aliphatic heterocycles. The van der Waals surface area contributed by atoms with E-state index >= 15 is 0 Å². The maximum Gasteiger partial charge on any atom is 0.0377 e. The molecule has 0 spiro atoms. The van der Waals surface area contributed by atoms with Crippen molar-refractivity contribution in [2.75, 3.05) is 32.7 Å². The molecule has 0 aromatic carbocycles. The third kappa shape index (κ3) is 1.52. The van der Waals surface area contributed by atoms with Crippen LogP contribution in [-0.4, -0.2) is 54.6 Å². The number of hydrogen-bond acceptors (Lipinski definition) is 3. The number of nitrogens with zero attached hydrogens (tertiary/aromatic N) is 2. The van der Waals surface area contributed by atoms with Crippen LogP contribution in [0.4, 0.5) is 0 Å². The second kappa shape index (κ2) is 4.28. The van der Waals surface area contributed by atoms with Gasteiger partial charge in [0, 0.05) is 25.2 Å². The van der Waals surface area contributed by atoms with Gasteiger partial charge in [0.15, 0.2) is 0 Å². The van der Waals surface area contributed by atoms with Gasteiger partial charge in [-0.05, 0) is 50.7 Å². The zero-order valence-electron chi connectivity index (χ0n) is 10.4. The SMILES string of the molecule is CCCN1CC2C3CCN(CC3)C2C1CN. The molecule has 3 atom stereocenters. The van der Waals surface area contributed by atoms with Gasteiger partial charge in [-0.2, -0.15) is 0 Å². The van der Waals surface area contributed by atoms with Crippen molar-refractivity contribution in [3.63, 3.8) is 0 Å². The molecular formula is C13H25N3. The smallest absolute Gasteiger partial charge is 0.0377 e. The van der Waals surface area contributed by atoms with Gasteiger partial charge in [-0.1, -0.05) is 6.92 Å². The summed E-state index contributed by atoms with van der Waals surface area (Å²) in [5, 5.41) is 0. The number of rotatable bonds is 3. The summed E-state index contributed by atoms with van der Waals surface area (Å²) < 4.78 is 0. The number of fused-ring (bicyclic) bond motifs is 2. The van der Waals surface area contributed by atoms with Crippen LogP contribution in [-0.2, 0) is 0 Å². The predicted molar refractivity (Wildman–Crippen MR) is 66.3 cm³/mol. The van der Waals surface area contributed by atoms with Crippen LogP contribution in [0.15, 0.2) is 0 Å². The van der Waals surface area contributed by atoms with Gasteiger partial charge in [0.25, 0.3) is 0 Å². The third-order valence-electron chi connectivity index (χ3n) is 5.10. The first-order valence-corrected chi connectivity index (χ1v) is 7.03. The fourth-order valence-corrected chi connectivity index (χ4v) is 4.44. The molecular weight excluding hydrogens is 198 g/mol. The minimum atomic E-state index is 0.646. The quantitative estimate of drug-likeness (QED) is 0.766. The Morgan fingerprint density at radius 1 is 1.25 bits per heavy atom. The summed E-state index contributed by atoms with van der Waals surface area (Å²) in [4.78, 5) is 5.41. The molecule has 16 heavy (non-hydrogen) atoms. The number of piperidine rings is 3. The van der Waals surface area contributed by atoms with Gasteiger partial charge in [-0.25, -0.2) is 0 Å². The Morgan fingerprint density at radius 2 is 2.00 bits per heavy atom. The molecule has 2 N–H and O–H groups in total. The Bertz CT molecular complexity index is 248. The van der Waals surface area contributed by atoms with Crippen molar-refractivity contribution in [2.24, 2.45) is 17.6 Å². The van der Waals surface area contributed by atoms with E-state index in [2.05, 4.69) is 16.7 Å². The third-order valence-corrected chi connectivity index (χ3v) is 5.10. The normalized spacial score (nSPS) is 47.2. The van der Waals surface area contributed by atoms with E-state index in [0.29, 0.717) is 6.04 Å². The first-order chi connectivity index (χ1) is 7.85. The maximum atomic E-state index is 6.02. The molecule has 0 aromatic rings. The van der Waals surface area contributed by atoms with Crippen molar-refractivity contribution in [1.82, 2.24) is 9.80 Å². The minimum Gasteiger partial charge on any atom is -0.329 e. The average molecular weight is 223 g/mol. The van der Waals surface area contributed by atoms with E-state index in [4.69, 9.17) is 5.73 Å². The van der Waals surface area contributed by atoms with Crippen LogP contribution in [0.1, 0.15) is 26.2 Å². The van der Waals surface area contributed by atoms with Crippen LogP contribution >= 0.6 is 0 Å². The Labute approximate surface area is 99.0 Å². The van der Waals surface area contributed by atoms with Crippen molar-refractivity contribution < 1.29 is 0 Å². The molecule has 0 aliphatic carbocycles. The maximum absolute atomic E-state index is 6.02. The summed E-state index contributed by atoms with van der Waals surface area (Å²) in [7, 11) is 0. The minimum absolute atomic E-state index is 0.646. The number of likely N-dealkylation sites (tertiary alicyclic amines) is 1. The lowest BCUT2D eigenvalue weighted by Crippen LogP contribution is -2.58. The van der Waals surface area contributed by atoms with Gasteiger partial charge >= 0.3 is 0 Å². The average Bonchev–Trinajstić information content (AvgIpc) is 2.71. The molecule has 3 heteroatoms. The lowest BCUT2D eigenvalue weighted by molar-refractivity contribution is 0.00486. The fraction of sp³-hybridized carbons (Fsp3) is 1.00. The standard InChI is InChI=1S/C13H25N3/c1-2-5-16-9-11-10-3-6-15(7-4-10)13(11)12(16)8-14/h10-13H,2-9,14H2,1H3. The van der Waals surface area contributed by atoms with Gasteiger partial charge in [-0.3, -0.25) is 9.80 Å². The molecule has 2 bridgehead atoms. The summed E-state index contributed by atoms with van der Waals surface area (Å²) in [5.74, 6) is 1.94. The molecule has 4 aliphatic rings. The van der Waals surface area contributed by atoms with Gasteiger partial charge < -0.3 is 5.73 Å². The van der Waals surface area contributed by atoms with Gasteiger partial charge in [-0.15, -0.1) is 0 Å². The van der Waals surface area contributed by atoms with Crippen LogP contribution < -0.4 is 5.73 Å². The van der Waals surface area contributed by atoms with E-state index in [0.717, 1.165) is 24.4 Å². The first-order valence-electron chi connectivity index (χ1n) is 7.03. The summed E-state index contributed by atoms with van der Waals surface area (Å²) in [6, 6.07) is 1.44. The van der Waals surface area contributed by atoms with E-state index in [-0.39, 0.29) is 0 Å². The van der Waals surface area contributed by atoms with E-state index < -0.39 is 0 Å². The summed E-state index contributed by atoms with van der Waals surface area (Å²) in [6.45, 7) is 8.37. The molecule has 4 rings (SSSR count). The summed E-state index contributed by atoms with van der Waals surface area (Å²) in [6.07, 6.45) is 4.15. The van der Waals surface area contributed by atoms with E-state index in [1.165, 1.54) is 45.4 Å². The van der Waals surface area contributed by atoms with E-state index in [1.54, 1.807) is 0 Å². The molecule has 0 saturated carbocycles. The van der Waals surface area contributed by atoms with Crippen molar-refractivity contribution in [2.45, 2.75) is 38.3 Å². The largest absolute Gasteiger partial charge is 0.329 e. The molecule has 4 fully saturated rings. The lowest BCUT2D eigenvalue weighted by atomic mass is 9.74. The lowest BCUT2D eigenvalue weighted by Gasteiger charge is -2.49. The zero-order valence-corrected chi connectivity index (χ0v) is 10.4. The fourth-order valence-electron chi connectivity index (χ4n) is 4.44. The van der Waals surface area contributed by atoms with Crippen LogP contribution in [0.5, 0.6) is 0 Å². The second-order valence-electron chi connectivity index (χ2n) is 5.83. The Morgan fingerprint density at radius 3 is 2.62 bits per heavy atom. The number of hydrogen-bond donors (Lipinski definition) is 1. The van der Waals surface area contributed by atoms with E-state index in [9.17, 15) is 0 Å². The summed E-state index contributed by atoms with van der Waals surface area (Å²) >= 11 is 0. The molecule has 4 heterocycles. The highest BCUT2D eigenvalue weighted by molar-refractivity contribution is 5.06. The Balaban J connectivity index is 1.80. The predicted octanol–water partition coefficient (Wildman–Crippen LogP) is 0.750. The Hall–Kier alpha value is -0.120. The van der Waals surface area contributed by atoms with Gasteiger partial charge in [0.2, 0.25) is 0 Å². The first kappa shape index (κ1) is 11.0. The van der Waals surface area contributed by atoms with Crippen LogP contribution in [0.25, 0.3) is 0 Å². The Kier molecular flexibility index (Phi) is 2.94. The van der Waals surface area contributed by atoms with Crippen LogP contribution in [0.2, 0.25) is 0 Å². The monoisotopic (exact) mass is 223 g/mol. The van der Waals surface area contributed by atoms with Gasteiger partial charge in [0.1, 0.15) is 0 Å². The molecule has 0 radical (unpaired) electrons. The second-order valence-corrected chi connectivity index (χ2v) is 5.83. The highest BCUT2D eigenvalue weighted by Gasteiger charge is 2.51. The van der Waals surface area contributed by atoms with E-state index in [1.807, 2.05) is 0 Å². The van der Waals surface area contributed by atoms with Crippen LogP contribution in [0, 0.1) is 11.8 Å². The molecule has 0 aromatic heterocycles. The molecule has 3 nitrogen and oxygen atoms in total. The summed E-state index contributed by atoms with van der Waals surface area (Å²) in [5.41, 5.74) is 6.02. The van der Waals surface area contributed by atoms with Crippen molar-refractivity contribution in [3.05, 3.63) is 0 Å². The highest BCUT2D eigenvalue weighted by Crippen LogP contribution is 2.43. The molecule has 4 saturated heterocycles. The van der Waals surface area contributed by atoms with Crippen molar-refractivity contribution in [3.8, 4) is 0 Å².